The second-order valence-electron chi connectivity index (χ2n) is 4.17. The Labute approximate surface area is 105 Å². The summed E-state index contributed by atoms with van der Waals surface area (Å²) in [5.74, 6) is 1.62. The molecule has 0 saturated heterocycles. The molecule has 0 unspecified atom stereocenters. The van der Waals surface area contributed by atoms with Crippen LogP contribution in [0.3, 0.4) is 0 Å². The first kappa shape index (κ1) is 10.8. The number of anilines is 2. The van der Waals surface area contributed by atoms with Crippen LogP contribution >= 0.6 is 0 Å². The molecule has 0 aromatic heterocycles. The first-order valence-electron chi connectivity index (χ1n) is 5.79. The van der Waals surface area contributed by atoms with Crippen LogP contribution in [0.5, 0.6) is 11.5 Å². The molecule has 92 valence electrons. The zero-order valence-corrected chi connectivity index (χ0v) is 9.85. The van der Waals surface area contributed by atoms with Crippen molar-refractivity contribution in [3.63, 3.8) is 0 Å². The summed E-state index contributed by atoms with van der Waals surface area (Å²) in [6.07, 6.45) is 0. The van der Waals surface area contributed by atoms with E-state index in [1.807, 2.05) is 42.5 Å². The molecule has 0 fully saturated rings. The van der Waals surface area contributed by atoms with Gasteiger partial charge in [0.05, 0.1) is 0 Å². The number of nitrogen functional groups attached to an aromatic ring is 1. The number of hydrogen-bond acceptors (Lipinski definition) is 4. The predicted octanol–water partition coefficient (Wildman–Crippen LogP) is 2.61. The molecule has 1 aliphatic rings. The van der Waals surface area contributed by atoms with Crippen LogP contribution in [-0.4, -0.2) is 6.79 Å². The van der Waals surface area contributed by atoms with Gasteiger partial charge in [-0.05, 0) is 35.9 Å². The molecule has 2 aromatic carbocycles. The van der Waals surface area contributed by atoms with Crippen LogP contribution in [0.1, 0.15) is 5.56 Å². The Balaban J connectivity index is 1.70. The smallest absolute Gasteiger partial charge is 0.231 e. The largest absolute Gasteiger partial charge is 0.454 e. The summed E-state index contributed by atoms with van der Waals surface area (Å²) >= 11 is 0. The van der Waals surface area contributed by atoms with E-state index in [0.717, 1.165) is 35.0 Å². The predicted molar refractivity (Wildman–Crippen MR) is 70.7 cm³/mol. The Hall–Kier alpha value is -2.36. The highest BCUT2D eigenvalue weighted by Gasteiger charge is 2.12. The van der Waals surface area contributed by atoms with E-state index < -0.39 is 0 Å². The number of fused-ring (bicyclic) bond motifs is 1. The topological polar surface area (TPSA) is 56.5 Å². The zero-order chi connectivity index (χ0) is 12.4. The number of ether oxygens (including phenoxy) is 2. The van der Waals surface area contributed by atoms with Crippen molar-refractivity contribution in [1.82, 2.24) is 0 Å². The van der Waals surface area contributed by atoms with E-state index in [1.54, 1.807) is 0 Å². The van der Waals surface area contributed by atoms with Crippen LogP contribution in [0, 0.1) is 0 Å². The molecule has 0 atom stereocenters. The maximum atomic E-state index is 5.72. The van der Waals surface area contributed by atoms with Crippen molar-refractivity contribution in [3.05, 3.63) is 48.0 Å². The molecule has 0 bridgehead atoms. The molecular weight excluding hydrogens is 228 g/mol. The van der Waals surface area contributed by atoms with Gasteiger partial charge in [0, 0.05) is 17.9 Å². The lowest BCUT2D eigenvalue weighted by Gasteiger charge is -2.07. The molecular formula is C14H14N2O2. The van der Waals surface area contributed by atoms with Crippen LogP contribution in [0.15, 0.2) is 42.5 Å². The second-order valence-corrected chi connectivity index (χ2v) is 4.17. The number of benzene rings is 2. The van der Waals surface area contributed by atoms with E-state index in [9.17, 15) is 0 Å². The van der Waals surface area contributed by atoms with Crippen LogP contribution in [0.25, 0.3) is 0 Å². The van der Waals surface area contributed by atoms with Crippen LogP contribution in [0.2, 0.25) is 0 Å². The quantitative estimate of drug-likeness (QED) is 0.812. The van der Waals surface area contributed by atoms with Crippen molar-refractivity contribution in [2.45, 2.75) is 6.54 Å². The normalized spacial score (nSPS) is 12.4. The third-order valence-corrected chi connectivity index (χ3v) is 2.82. The summed E-state index contributed by atoms with van der Waals surface area (Å²) in [5, 5.41) is 3.32. The minimum Gasteiger partial charge on any atom is -0.454 e. The lowest BCUT2D eigenvalue weighted by atomic mass is 10.2. The summed E-state index contributed by atoms with van der Waals surface area (Å²) < 4.78 is 10.6. The Bertz CT molecular complexity index is 569. The van der Waals surface area contributed by atoms with E-state index in [4.69, 9.17) is 15.2 Å². The second kappa shape index (κ2) is 4.49. The SMILES string of the molecule is Nc1cccc(NCc2ccc3c(c2)OCO3)c1. The average Bonchev–Trinajstić information content (AvgIpc) is 2.84. The van der Waals surface area contributed by atoms with Crippen molar-refractivity contribution < 1.29 is 9.47 Å². The van der Waals surface area contributed by atoms with Crippen molar-refractivity contribution in [2.75, 3.05) is 17.8 Å². The van der Waals surface area contributed by atoms with E-state index in [0.29, 0.717) is 6.79 Å². The van der Waals surface area contributed by atoms with Crippen molar-refractivity contribution in [1.29, 1.82) is 0 Å². The van der Waals surface area contributed by atoms with E-state index in [1.165, 1.54) is 0 Å². The molecule has 3 N–H and O–H groups in total. The minimum absolute atomic E-state index is 0.307. The third kappa shape index (κ3) is 2.18. The maximum absolute atomic E-state index is 5.72. The van der Waals surface area contributed by atoms with Gasteiger partial charge in [0.15, 0.2) is 11.5 Å². The highest BCUT2D eigenvalue weighted by Crippen LogP contribution is 2.32. The van der Waals surface area contributed by atoms with Gasteiger partial charge in [-0.15, -0.1) is 0 Å². The van der Waals surface area contributed by atoms with Gasteiger partial charge in [0.25, 0.3) is 0 Å². The molecule has 0 aliphatic carbocycles. The van der Waals surface area contributed by atoms with Crippen LogP contribution in [0.4, 0.5) is 11.4 Å². The van der Waals surface area contributed by atoms with Crippen LogP contribution in [-0.2, 0) is 6.54 Å². The summed E-state index contributed by atoms with van der Waals surface area (Å²) in [4.78, 5) is 0. The third-order valence-electron chi connectivity index (χ3n) is 2.82. The van der Waals surface area contributed by atoms with Gasteiger partial charge in [-0.2, -0.15) is 0 Å². The lowest BCUT2D eigenvalue weighted by molar-refractivity contribution is 0.174. The van der Waals surface area contributed by atoms with E-state index >= 15 is 0 Å². The summed E-state index contributed by atoms with van der Waals surface area (Å²) in [5.41, 5.74) is 8.63. The van der Waals surface area contributed by atoms with Gasteiger partial charge in [0.2, 0.25) is 6.79 Å². The molecule has 1 heterocycles. The fourth-order valence-electron chi connectivity index (χ4n) is 1.90. The number of nitrogens with two attached hydrogens (primary N) is 1. The maximum Gasteiger partial charge on any atom is 0.231 e. The molecule has 0 spiro atoms. The highest BCUT2D eigenvalue weighted by molar-refractivity contribution is 5.54. The number of nitrogens with one attached hydrogen (secondary N) is 1. The Kier molecular flexibility index (Phi) is 2.68. The van der Waals surface area contributed by atoms with Gasteiger partial charge in [-0.3, -0.25) is 0 Å². The monoisotopic (exact) mass is 242 g/mol. The van der Waals surface area contributed by atoms with E-state index in [2.05, 4.69) is 5.32 Å². The standard InChI is InChI=1S/C14H14N2O2/c15-11-2-1-3-12(7-11)16-8-10-4-5-13-14(6-10)18-9-17-13/h1-7,16H,8-9,15H2. The summed E-state index contributed by atoms with van der Waals surface area (Å²) in [7, 11) is 0. The first-order valence-corrected chi connectivity index (χ1v) is 5.79. The van der Waals surface area contributed by atoms with Gasteiger partial charge in [-0.25, -0.2) is 0 Å². The Morgan fingerprint density at radius 3 is 2.83 bits per heavy atom. The summed E-state index contributed by atoms with van der Waals surface area (Å²) in [6, 6.07) is 13.6. The number of hydrogen-bond donors (Lipinski definition) is 2. The fourth-order valence-corrected chi connectivity index (χ4v) is 1.90. The van der Waals surface area contributed by atoms with Crippen molar-refractivity contribution in [3.8, 4) is 11.5 Å². The zero-order valence-electron chi connectivity index (χ0n) is 9.85. The van der Waals surface area contributed by atoms with Crippen molar-refractivity contribution in [2.24, 2.45) is 0 Å². The van der Waals surface area contributed by atoms with Crippen LogP contribution < -0.4 is 20.5 Å². The van der Waals surface area contributed by atoms with Gasteiger partial charge in [0.1, 0.15) is 0 Å². The lowest BCUT2D eigenvalue weighted by Crippen LogP contribution is -1.99. The highest BCUT2D eigenvalue weighted by atomic mass is 16.7. The molecule has 4 nitrogen and oxygen atoms in total. The fraction of sp³-hybridized carbons (Fsp3) is 0.143. The van der Waals surface area contributed by atoms with Crippen molar-refractivity contribution >= 4 is 11.4 Å². The van der Waals surface area contributed by atoms with Gasteiger partial charge >= 0.3 is 0 Å². The molecule has 4 heteroatoms. The average molecular weight is 242 g/mol. The van der Waals surface area contributed by atoms with Gasteiger partial charge < -0.3 is 20.5 Å². The molecule has 3 rings (SSSR count). The molecule has 0 radical (unpaired) electrons. The molecule has 18 heavy (non-hydrogen) atoms. The molecule has 1 aliphatic heterocycles. The minimum atomic E-state index is 0.307. The van der Waals surface area contributed by atoms with Gasteiger partial charge in [-0.1, -0.05) is 12.1 Å². The summed E-state index contributed by atoms with van der Waals surface area (Å²) in [6.45, 7) is 1.03. The number of rotatable bonds is 3. The molecule has 0 saturated carbocycles. The molecule has 2 aromatic rings. The van der Waals surface area contributed by atoms with E-state index in [-0.39, 0.29) is 0 Å². The first-order chi connectivity index (χ1) is 8.81. The molecule has 0 amide bonds. The Morgan fingerprint density at radius 2 is 1.94 bits per heavy atom. The Morgan fingerprint density at radius 1 is 1.06 bits per heavy atom.